The second-order valence-electron chi connectivity index (χ2n) is 6.13. The number of carbonyl (C=O) groups excluding carboxylic acids is 2. The Kier molecular flexibility index (Phi) is 4.26. The van der Waals surface area contributed by atoms with Crippen molar-refractivity contribution in [3.8, 4) is 11.5 Å². The van der Waals surface area contributed by atoms with Crippen LogP contribution in [0.25, 0.3) is 6.08 Å². The number of phenolic OH excluding ortho intramolecular Hbond substituents is 1. The first-order valence-electron chi connectivity index (χ1n) is 7.15. The van der Waals surface area contributed by atoms with Crippen molar-refractivity contribution in [1.82, 2.24) is 0 Å². The largest absolute Gasteiger partial charge is 0.507 e. The quantitative estimate of drug-likeness (QED) is 0.684. The van der Waals surface area contributed by atoms with Gasteiger partial charge in [0.15, 0.2) is 6.61 Å². The van der Waals surface area contributed by atoms with E-state index < -0.39 is 17.4 Å². The highest BCUT2D eigenvalue weighted by atomic mass is 16.5. The normalized spacial score (nSPS) is 15.1. The van der Waals surface area contributed by atoms with Gasteiger partial charge in [0.2, 0.25) is 5.78 Å². The summed E-state index contributed by atoms with van der Waals surface area (Å²) >= 11 is 0. The van der Waals surface area contributed by atoms with Crippen molar-refractivity contribution in [2.45, 2.75) is 33.3 Å². The van der Waals surface area contributed by atoms with Crippen molar-refractivity contribution in [1.29, 1.82) is 0 Å². The first-order valence-corrected chi connectivity index (χ1v) is 7.15. The molecular formula is C17H20O5. The summed E-state index contributed by atoms with van der Waals surface area (Å²) in [5, 5.41) is 10.0. The summed E-state index contributed by atoms with van der Waals surface area (Å²) in [6.45, 7) is 6.78. The predicted octanol–water partition coefficient (Wildman–Crippen LogP) is 2.96. The minimum Gasteiger partial charge on any atom is -0.507 e. The zero-order valence-electron chi connectivity index (χ0n) is 13.2. The third-order valence-corrected chi connectivity index (χ3v) is 3.28. The average molecular weight is 304 g/mol. The maximum atomic E-state index is 12.1. The molecule has 5 nitrogen and oxygen atoms in total. The fourth-order valence-electron chi connectivity index (χ4n) is 2.02. The van der Waals surface area contributed by atoms with Crippen LogP contribution in [0.2, 0.25) is 0 Å². The number of esters is 1. The van der Waals surface area contributed by atoms with Gasteiger partial charge in [-0.3, -0.25) is 9.59 Å². The van der Waals surface area contributed by atoms with Gasteiger partial charge in [-0.2, -0.15) is 0 Å². The number of ketones is 1. The summed E-state index contributed by atoms with van der Waals surface area (Å²) in [5.74, 6) is -0.872. The van der Waals surface area contributed by atoms with Crippen molar-refractivity contribution in [3.63, 3.8) is 0 Å². The first-order chi connectivity index (χ1) is 10.2. The van der Waals surface area contributed by atoms with E-state index in [4.69, 9.17) is 9.47 Å². The SMILES string of the molecule is CC(C)C(=O)OCC(=O)c1cc2c(cc1O)OC(C)(C)C=C2. The lowest BCUT2D eigenvalue weighted by molar-refractivity contribution is -0.146. The van der Waals surface area contributed by atoms with E-state index in [0.29, 0.717) is 11.3 Å². The van der Waals surface area contributed by atoms with Crippen LogP contribution in [-0.2, 0) is 9.53 Å². The number of ether oxygens (including phenoxy) is 2. The third-order valence-electron chi connectivity index (χ3n) is 3.28. The van der Waals surface area contributed by atoms with E-state index in [1.165, 1.54) is 6.07 Å². The van der Waals surface area contributed by atoms with Gasteiger partial charge in [0, 0.05) is 11.6 Å². The molecule has 22 heavy (non-hydrogen) atoms. The molecule has 0 radical (unpaired) electrons. The van der Waals surface area contributed by atoms with E-state index >= 15 is 0 Å². The second-order valence-corrected chi connectivity index (χ2v) is 6.13. The molecule has 0 fully saturated rings. The van der Waals surface area contributed by atoms with Crippen molar-refractivity contribution >= 4 is 17.8 Å². The van der Waals surface area contributed by atoms with Gasteiger partial charge in [-0.25, -0.2) is 0 Å². The molecule has 118 valence electrons. The van der Waals surface area contributed by atoms with Crippen LogP contribution in [0.5, 0.6) is 11.5 Å². The molecule has 1 aliphatic heterocycles. The number of fused-ring (bicyclic) bond motifs is 1. The number of Topliss-reactive ketones (excluding diaryl/α,β-unsaturated/α-hetero) is 1. The monoisotopic (exact) mass is 304 g/mol. The summed E-state index contributed by atoms with van der Waals surface area (Å²) in [6, 6.07) is 2.96. The van der Waals surface area contributed by atoms with Gasteiger partial charge in [-0.15, -0.1) is 0 Å². The fourth-order valence-corrected chi connectivity index (χ4v) is 2.02. The van der Waals surface area contributed by atoms with Gasteiger partial charge in [0.25, 0.3) is 0 Å². The Balaban J connectivity index is 2.19. The van der Waals surface area contributed by atoms with Gasteiger partial charge >= 0.3 is 5.97 Å². The van der Waals surface area contributed by atoms with E-state index in [2.05, 4.69) is 0 Å². The maximum Gasteiger partial charge on any atom is 0.308 e. The number of hydrogen-bond acceptors (Lipinski definition) is 5. The predicted molar refractivity (Wildman–Crippen MR) is 82.0 cm³/mol. The molecule has 0 aromatic heterocycles. The van der Waals surface area contributed by atoms with E-state index in [-0.39, 0.29) is 23.8 Å². The molecule has 1 aliphatic rings. The number of phenols is 1. The molecule has 0 saturated heterocycles. The molecule has 0 bridgehead atoms. The molecule has 2 rings (SSSR count). The van der Waals surface area contributed by atoms with Crippen LogP contribution in [0.15, 0.2) is 18.2 Å². The van der Waals surface area contributed by atoms with Gasteiger partial charge in [-0.05, 0) is 26.0 Å². The second kappa shape index (κ2) is 5.83. The smallest absolute Gasteiger partial charge is 0.308 e. The van der Waals surface area contributed by atoms with Gasteiger partial charge < -0.3 is 14.6 Å². The summed E-state index contributed by atoms with van der Waals surface area (Å²) < 4.78 is 10.6. The van der Waals surface area contributed by atoms with Gasteiger partial charge in [0.05, 0.1) is 11.5 Å². The van der Waals surface area contributed by atoms with Crippen molar-refractivity contribution in [2.75, 3.05) is 6.61 Å². The summed E-state index contributed by atoms with van der Waals surface area (Å²) in [6.07, 6.45) is 3.72. The Bertz CT molecular complexity index is 641. The lowest BCUT2D eigenvalue weighted by Gasteiger charge is -2.28. The van der Waals surface area contributed by atoms with Crippen LogP contribution in [0.4, 0.5) is 0 Å². The number of benzene rings is 1. The summed E-state index contributed by atoms with van der Waals surface area (Å²) in [7, 11) is 0. The molecule has 5 heteroatoms. The zero-order valence-corrected chi connectivity index (χ0v) is 13.2. The Hall–Kier alpha value is -2.30. The molecule has 1 heterocycles. The van der Waals surface area contributed by atoms with Crippen molar-refractivity contribution < 1.29 is 24.2 Å². The molecule has 1 N–H and O–H groups in total. The van der Waals surface area contributed by atoms with E-state index in [1.54, 1.807) is 19.9 Å². The fraction of sp³-hybridized carbons (Fsp3) is 0.412. The zero-order chi connectivity index (χ0) is 16.5. The molecule has 0 aliphatic carbocycles. The lowest BCUT2D eigenvalue weighted by Crippen LogP contribution is -2.27. The van der Waals surface area contributed by atoms with Crippen LogP contribution in [0.3, 0.4) is 0 Å². The molecule has 0 unspecified atom stereocenters. The Labute approximate surface area is 129 Å². The molecule has 0 spiro atoms. The Morgan fingerprint density at radius 2 is 2.00 bits per heavy atom. The highest BCUT2D eigenvalue weighted by Gasteiger charge is 2.24. The molecular weight excluding hydrogens is 284 g/mol. The maximum absolute atomic E-state index is 12.1. The van der Waals surface area contributed by atoms with Gasteiger partial charge in [0.1, 0.15) is 17.1 Å². The highest BCUT2D eigenvalue weighted by Crippen LogP contribution is 2.35. The van der Waals surface area contributed by atoms with E-state index in [9.17, 15) is 14.7 Å². The number of hydrogen-bond donors (Lipinski definition) is 1. The van der Waals surface area contributed by atoms with Crippen LogP contribution in [0, 0.1) is 5.92 Å². The number of carbonyl (C=O) groups is 2. The third kappa shape index (κ3) is 3.47. The Morgan fingerprint density at radius 3 is 2.64 bits per heavy atom. The first kappa shape index (κ1) is 16.1. The van der Waals surface area contributed by atoms with Crippen LogP contribution in [-0.4, -0.2) is 29.1 Å². The van der Waals surface area contributed by atoms with Crippen LogP contribution >= 0.6 is 0 Å². The Morgan fingerprint density at radius 1 is 1.32 bits per heavy atom. The molecule has 0 amide bonds. The minimum absolute atomic E-state index is 0.114. The standard InChI is InChI=1S/C17H20O5/c1-10(2)16(20)21-9-14(19)12-7-11-5-6-17(3,4)22-15(11)8-13(12)18/h5-8,10,18H,9H2,1-4H3. The number of aromatic hydroxyl groups is 1. The molecule has 1 aromatic carbocycles. The summed E-state index contributed by atoms with van der Waals surface area (Å²) in [4.78, 5) is 23.5. The number of rotatable bonds is 4. The molecule has 1 aromatic rings. The topological polar surface area (TPSA) is 72.8 Å². The van der Waals surface area contributed by atoms with E-state index in [1.807, 2.05) is 26.0 Å². The minimum atomic E-state index is -0.461. The molecule has 0 saturated carbocycles. The average Bonchev–Trinajstić information content (AvgIpc) is 2.42. The van der Waals surface area contributed by atoms with Crippen molar-refractivity contribution in [2.24, 2.45) is 5.92 Å². The van der Waals surface area contributed by atoms with Crippen LogP contribution in [0.1, 0.15) is 43.6 Å². The van der Waals surface area contributed by atoms with Crippen molar-refractivity contribution in [3.05, 3.63) is 29.3 Å². The summed E-state index contributed by atoms with van der Waals surface area (Å²) in [5.41, 5.74) is 0.358. The molecule has 0 atom stereocenters. The lowest BCUT2D eigenvalue weighted by atomic mass is 9.99. The van der Waals surface area contributed by atoms with Gasteiger partial charge in [-0.1, -0.05) is 19.9 Å². The highest BCUT2D eigenvalue weighted by molar-refractivity contribution is 6.01. The van der Waals surface area contributed by atoms with Crippen LogP contribution < -0.4 is 4.74 Å². The van der Waals surface area contributed by atoms with E-state index in [0.717, 1.165) is 0 Å².